The molecule has 0 atom stereocenters. The molecule has 3 amide bonds. The van der Waals surface area contributed by atoms with Gasteiger partial charge in [0.2, 0.25) is 0 Å². The van der Waals surface area contributed by atoms with Crippen LogP contribution in [-0.4, -0.2) is 23.5 Å². The highest BCUT2D eigenvalue weighted by atomic mass is 32.1. The smallest absolute Gasteiger partial charge is 0.333 e. The van der Waals surface area contributed by atoms with Gasteiger partial charge in [0.15, 0.2) is 0 Å². The molecule has 2 heterocycles. The largest absolute Gasteiger partial charge is 0.336 e. The lowest BCUT2D eigenvalue weighted by atomic mass is 10.2. The van der Waals surface area contributed by atoms with Crippen molar-refractivity contribution < 1.29 is 9.59 Å². The van der Waals surface area contributed by atoms with Gasteiger partial charge in [0.05, 0.1) is 4.88 Å². The van der Waals surface area contributed by atoms with Gasteiger partial charge in [-0.15, -0.1) is 11.3 Å². The van der Waals surface area contributed by atoms with E-state index in [0.29, 0.717) is 17.8 Å². The van der Waals surface area contributed by atoms with E-state index in [9.17, 15) is 9.59 Å². The average molecular weight is 290 g/mol. The van der Waals surface area contributed by atoms with Gasteiger partial charge in [-0.3, -0.25) is 15.2 Å². The van der Waals surface area contributed by atoms with E-state index in [-0.39, 0.29) is 5.91 Å². The van der Waals surface area contributed by atoms with Gasteiger partial charge in [-0.05, 0) is 29.5 Å². The zero-order valence-corrected chi connectivity index (χ0v) is 11.4. The molecule has 0 aliphatic heterocycles. The molecular formula is C13H14N4O2S. The molecule has 0 radical (unpaired) electrons. The Kier molecular flexibility index (Phi) is 5.08. The lowest BCUT2D eigenvalue weighted by Crippen LogP contribution is -2.47. The fourth-order valence-electron chi connectivity index (χ4n) is 1.49. The Morgan fingerprint density at radius 3 is 2.80 bits per heavy atom. The zero-order valence-electron chi connectivity index (χ0n) is 10.6. The number of rotatable bonds is 4. The summed E-state index contributed by atoms with van der Waals surface area (Å²) < 4.78 is 0. The Morgan fingerprint density at radius 1 is 1.20 bits per heavy atom. The molecule has 20 heavy (non-hydrogen) atoms. The van der Waals surface area contributed by atoms with Crippen molar-refractivity contribution in [2.45, 2.75) is 6.42 Å². The standard InChI is InChI=1S/C13H14N4O2S/c18-12(11-4-2-8-20-11)16-17-13(19)15-7-5-10-3-1-6-14-9-10/h1-4,6,8-9H,5,7H2,(H,16,18)(H2,15,17,19). The van der Waals surface area contributed by atoms with Crippen LogP contribution in [0.4, 0.5) is 4.79 Å². The number of hydrazine groups is 1. The van der Waals surface area contributed by atoms with Crippen molar-refractivity contribution in [3.63, 3.8) is 0 Å². The summed E-state index contributed by atoms with van der Waals surface area (Å²) in [5.41, 5.74) is 5.67. The van der Waals surface area contributed by atoms with Crippen LogP contribution in [0.3, 0.4) is 0 Å². The van der Waals surface area contributed by atoms with Crippen LogP contribution >= 0.6 is 11.3 Å². The number of nitrogens with zero attached hydrogens (tertiary/aromatic N) is 1. The number of aromatic nitrogens is 1. The molecule has 104 valence electrons. The van der Waals surface area contributed by atoms with Crippen LogP contribution in [0.25, 0.3) is 0 Å². The van der Waals surface area contributed by atoms with E-state index in [4.69, 9.17) is 0 Å². The molecule has 7 heteroatoms. The van der Waals surface area contributed by atoms with Crippen molar-refractivity contribution in [1.82, 2.24) is 21.2 Å². The number of pyridine rings is 1. The van der Waals surface area contributed by atoms with Gasteiger partial charge in [0.1, 0.15) is 0 Å². The van der Waals surface area contributed by atoms with Gasteiger partial charge in [0, 0.05) is 18.9 Å². The number of nitrogens with one attached hydrogen (secondary N) is 3. The highest BCUT2D eigenvalue weighted by Crippen LogP contribution is 2.06. The first-order valence-electron chi connectivity index (χ1n) is 6.02. The van der Waals surface area contributed by atoms with E-state index in [1.165, 1.54) is 11.3 Å². The lowest BCUT2D eigenvalue weighted by molar-refractivity contribution is 0.0940. The average Bonchev–Trinajstić information content (AvgIpc) is 3.00. The predicted molar refractivity (Wildman–Crippen MR) is 76.3 cm³/mol. The SMILES string of the molecule is O=C(NCCc1cccnc1)NNC(=O)c1cccs1. The highest BCUT2D eigenvalue weighted by Gasteiger charge is 2.07. The molecule has 0 aliphatic rings. The molecule has 2 aromatic rings. The van der Waals surface area contributed by atoms with E-state index in [0.717, 1.165) is 5.56 Å². The van der Waals surface area contributed by atoms with Crippen LogP contribution in [0.1, 0.15) is 15.2 Å². The van der Waals surface area contributed by atoms with E-state index >= 15 is 0 Å². The van der Waals surface area contributed by atoms with Gasteiger partial charge < -0.3 is 5.32 Å². The second-order valence-electron chi connectivity index (χ2n) is 3.92. The third kappa shape index (κ3) is 4.36. The number of carbonyl (C=O) groups excluding carboxylic acids is 2. The molecule has 0 aliphatic carbocycles. The number of carbonyl (C=O) groups is 2. The Morgan fingerprint density at radius 2 is 2.10 bits per heavy atom. The summed E-state index contributed by atoms with van der Waals surface area (Å²) in [7, 11) is 0. The summed E-state index contributed by atoms with van der Waals surface area (Å²) in [6.07, 6.45) is 4.13. The first-order chi connectivity index (χ1) is 9.75. The molecule has 0 saturated carbocycles. The van der Waals surface area contributed by atoms with Gasteiger partial charge in [0.25, 0.3) is 5.91 Å². The lowest BCUT2D eigenvalue weighted by Gasteiger charge is -2.08. The first kappa shape index (κ1) is 14.0. The molecule has 0 bridgehead atoms. The Hall–Kier alpha value is -2.41. The fourth-order valence-corrected chi connectivity index (χ4v) is 2.11. The topological polar surface area (TPSA) is 83.1 Å². The summed E-state index contributed by atoms with van der Waals surface area (Å²) in [6.45, 7) is 0.465. The van der Waals surface area contributed by atoms with Crippen LogP contribution in [0.15, 0.2) is 42.0 Å². The molecule has 0 fully saturated rings. The molecule has 0 aromatic carbocycles. The summed E-state index contributed by atoms with van der Waals surface area (Å²) in [5, 5.41) is 4.44. The number of thiophene rings is 1. The zero-order chi connectivity index (χ0) is 14.2. The molecule has 0 unspecified atom stereocenters. The van der Waals surface area contributed by atoms with E-state index in [2.05, 4.69) is 21.2 Å². The second-order valence-corrected chi connectivity index (χ2v) is 4.87. The van der Waals surface area contributed by atoms with Gasteiger partial charge >= 0.3 is 6.03 Å². The maximum atomic E-state index is 11.6. The van der Waals surface area contributed by atoms with Crippen molar-refractivity contribution in [3.8, 4) is 0 Å². The van der Waals surface area contributed by atoms with Crippen LogP contribution in [0.2, 0.25) is 0 Å². The predicted octanol–water partition coefficient (Wildman–Crippen LogP) is 1.33. The molecule has 3 N–H and O–H groups in total. The molecule has 0 saturated heterocycles. The minimum atomic E-state index is -0.446. The molecule has 2 aromatic heterocycles. The van der Waals surface area contributed by atoms with Crippen molar-refractivity contribution in [3.05, 3.63) is 52.5 Å². The number of hydrogen-bond acceptors (Lipinski definition) is 4. The minimum absolute atomic E-state index is 0.331. The van der Waals surface area contributed by atoms with Crippen molar-refractivity contribution >= 4 is 23.3 Å². The summed E-state index contributed by atoms with van der Waals surface area (Å²) in [6, 6.07) is 6.79. The highest BCUT2D eigenvalue weighted by molar-refractivity contribution is 7.12. The molecular weight excluding hydrogens is 276 g/mol. The van der Waals surface area contributed by atoms with Crippen molar-refractivity contribution in [1.29, 1.82) is 0 Å². The van der Waals surface area contributed by atoms with Crippen LogP contribution < -0.4 is 16.2 Å². The summed E-state index contributed by atoms with van der Waals surface area (Å²) >= 11 is 1.31. The van der Waals surface area contributed by atoms with Crippen molar-refractivity contribution in [2.75, 3.05) is 6.54 Å². The number of amides is 3. The number of hydrogen-bond donors (Lipinski definition) is 3. The minimum Gasteiger partial charge on any atom is -0.336 e. The maximum Gasteiger partial charge on any atom is 0.333 e. The Balaban J connectivity index is 1.65. The van der Waals surface area contributed by atoms with Crippen LogP contribution in [0.5, 0.6) is 0 Å². The Bertz CT molecular complexity index is 557. The number of urea groups is 1. The summed E-state index contributed by atoms with van der Waals surface area (Å²) in [4.78, 5) is 27.5. The first-order valence-corrected chi connectivity index (χ1v) is 6.90. The Labute approximate surface area is 120 Å². The van der Waals surface area contributed by atoms with Gasteiger partial charge in [-0.2, -0.15) is 0 Å². The third-order valence-corrected chi connectivity index (χ3v) is 3.33. The van der Waals surface area contributed by atoms with Crippen molar-refractivity contribution in [2.24, 2.45) is 0 Å². The summed E-state index contributed by atoms with van der Waals surface area (Å²) in [5.74, 6) is -0.331. The maximum absolute atomic E-state index is 11.6. The van der Waals surface area contributed by atoms with E-state index in [1.54, 1.807) is 29.9 Å². The van der Waals surface area contributed by atoms with Gasteiger partial charge in [-0.25, -0.2) is 10.2 Å². The third-order valence-electron chi connectivity index (χ3n) is 2.46. The molecule has 6 nitrogen and oxygen atoms in total. The van der Waals surface area contributed by atoms with Gasteiger partial charge in [-0.1, -0.05) is 12.1 Å². The van der Waals surface area contributed by atoms with Crippen LogP contribution in [0, 0.1) is 0 Å². The fraction of sp³-hybridized carbons (Fsp3) is 0.154. The second kappa shape index (κ2) is 7.25. The molecule has 0 spiro atoms. The monoisotopic (exact) mass is 290 g/mol. The van der Waals surface area contributed by atoms with E-state index < -0.39 is 6.03 Å². The quantitative estimate of drug-likeness (QED) is 0.743. The normalized spacial score (nSPS) is 9.80. The molecule has 2 rings (SSSR count). The van der Waals surface area contributed by atoms with E-state index in [1.807, 2.05) is 12.1 Å². The van der Waals surface area contributed by atoms with Crippen LogP contribution in [-0.2, 0) is 6.42 Å².